The van der Waals surface area contributed by atoms with Gasteiger partial charge in [0.15, 0.2) is 0 Å². The van der Waals surface area contributed by atoms with Gasteiger partial charge in [-0.15, -0.1) is 10.2 Å². The molecule has 6 nitrogen and oxygen atoms in total. The highest BCUT2D eigenvalue weighted by molar-refractivity contribution is 5.89. The molecule has 1 aliphatic rings. The Hall–Kier alpha value is -3.42. The maximum Gasteiger partial charge on any atom is 0.338 e. The van der Waals surface area contributed by atoms with Crippen LogP contribution in [0.5, 0.6) is 0 Å². The van der Waals surface area contributed by atoms with Crippen LogP contribution in [0.4, 0.5) is 14.6 Å². The largest absolute Gasteiger partial charge is 0.478 e. The molecule has 1 fully saturated rings. The Morgan fingerprint density at radius 3 is 2.55 bits per heavy atom. The zero-order chi connectivity index (χ0) is 20.4. The van der Waals surface area contributed by atoms with Crippen molar-refractivity contribution >= 4 is 11.8 Å². The van der Waals surface area contributed by atoms with E-state index in [2.05, 4.69) is 20.5 Å². The van der Waals surface area contributed by atoms with Gasteiger partial charge in [0.2, 0.25) is 0 Å². The second-order valence-electron chi connectivity index (χ2n) is 7.12. The molecule has 1 aromatic carbocycles. The first kappa shape index (κ1) is 18.9. The quantitative estimate of drug-likeness (QED) is 0.654. The van der Waals surface area contributed by atoms with Crippen molar-refractivity contribution in [3.63, 3.8) is 0 Å². The Bertz CT molecular complexity index is 1050. The van der Waals surface area contributed by atoms with Crippen molar-refractivity contribution in [1.29, 1.82) is 0 Å². The van der Waals surface area contributed by atoms with Gasteiger partial charge in [-0.25, -0.2) is 13.6 Å². The average Bonchev–Trinajstić information content (AvgIpc) is 2.69. The number of anilines is 1. The molecule has 1 saturated carbocycles. The van der Waals surface area contributed by atoms with Gasteiger partial charge >= 0.3 is 5.97 Å². The number of hydrogen-bond acceptors (Lipinski definition) is 5. The van der Waals surface area contributed by atoms with Gasteiger partial charge in [-0.3, -0.25) is 4.98 Å². The van der Waals surface area contributed by atoms with Crippen molar-refractivity contribution < 1.29 is 18.7 Å². The molecule has 2 aromatic heterocycles. The first-order valence-corrected chi connectivity index (χ1v) is 9.20. The third kappa shape index (κ3) is 3.65. The standard InChI is InChI=1S/C21H18F2N4O2/c22-15-5-4-13(11-14(15)20(28)29)17-6-7-18(27-26-17)25-12-21(8-2-9-21)19-16(23)3-1-10-24-19/h1,3-7,10-11H,2,8-9,12H2,(H,25,27)(H,28,29). The van der Waals surface area contributed by atoms with Crippen molar-refractivity contribution in [3.8, 4) is 11.3 Å². The van der Waals surface area contributed by atoms with Gasteiger partial charge in [0.1, 0.15) is 17.5 Å². The normalized spacial score (nSPS) is 14.8. The Morgan fingerprint density at radius 2 is 1.93 bits per heavy atom. The number of nitrogens with one attached hydrogen (secondary N) is 1. The summed E-state index contributed by atoms with van der Waals surface area (Å²) in [7, 11) is 0. The molecule has 2 heterocycles. The van der Waals surface area contributed by atoms with Gasteiger partial charge in [-0.2, -0.15) is 0 Å². The molecule has 2 N–H and O–H groups in total. The molecule has 0 saturated heterocycles. The van der Waals surface area contributed by atoms with Gasteiger partial charge in [-0.05, 0) is 55.3 Å². The van der Waals surface area contributed by atoms with Crippen LogP contribution in [-0.2, 0) is 5.41 Å². The number of carbonyl (C=O) groups is 1. The van der Waals surface area contributed by atoms with E-state index >= 15 is 0 Å². The highest BCUT2D eigenvalue weighted by atomic mass is 19.1. The molecule has 3 aromatic rings. The van der Waals surface area contributed by atoms with E-state index < -0.39 is 17.3 Å². The van der Waals surface area contributed by atoms with E-state index in [1.807, 2.05) is 0 Å². The van der Waals surface area contributed by atoms with Crippen LogP contribution in [0.25, 0.3) is 11.3 Å². The Morgan fingerprint density at radius 1 is 1.10 bits per heavy atom. The molecule has 148 valence electrons. The molecule has 0 unspecified atom stereocenters. The van der Waals surface area contributed by atoms with Gasteiger partial charge in [0, 0.05) is 23.7 Å². The summed E-state index contributed by atoms with van der Waals surface area (Å²) < 4.78 is 27.8. The lowest BCUT2D eigenvalue weighted by atomic mass is 9.66. The molecule has 0 atom stereocenters. The van der Waals surface area contributed by atoms with E-state index in [0.717, 1.165) is 25.3 Å². The topological polar surface area (TPSA) is 88.0 Å². The van der Waals surface area contributed by atoms with Crippen LogP contribution in [-0.4, -0.2) is 32.8 Å². The van der Waals surface area contributed by atoms with Crippen LogP contribution in [0, 0.1) is 11.6 Å². The van der Waals surface area contributed by atoms with E-state index in [9.17, 15) is 13.6 Å². The molecule has 0 bridgehead atoms. The highest BCUT2D eigenvalue weighted by Crippen LogP contribution is 2.43. The van der Waals surface area contributed by atoms with E-state index in [1.54, 1.807) is 24.4 Å². The Labute approximate surface area is 165 Å². The second kappa shape index (κ2) is 7.54. The number of carboxylic acid groups (broad SMARTS) is 1. The van der Waals surface area contributed by atoms with Crippen LogP contribution in [0.2, 0.25) is 0 Å². The van der Waals surface area contributed by atoms with Crippen molar-refractivity contribution in [2.75, 3.05) is 11.9 Å². The number of aromatic nitrogens is 3. The molecule has 8 heteroatoms. The van der Waals surface area contributed by atoms with Gasteiger partial charge in [0.05, 0.1) is 17.0 Å². The monoisotopic (exact) mass is 396 g/mol. The lowest BCUT2D eigenvalue weighted by Crippen LogP contribution is -2.42. The number of aromatic carboxylic acids is 1. The molecule has 4 rings (SSSR count). The number of carboxylic acids is 1. The summed E-state index contributed by atoms with van der Waals surface area (Å²) in [5, 5.41) is 20.5. The van der Waals surface area contributed by atoms with Crippen LogP contribution >= 0.6 is 0 Å². The number of benzene rings is 1. The van der Waals surface area contributed by atoms with Crippen molar-refractivity contribution in [2.45, 2.75) is 24.7 Å². The van der Waals surface area contributed by atoms with Gasteiger partial charge < -0.3 is 10.4 Å². The maximum absolute atomic E-state index is 14.2. The molecule has 0 spiro atoms. The van der Waals surface area contributed by atoms with Crippen LogP contribution in [0.1, 0.15) is 35.3 Å². The Kier molecular flexibility index (Phi) is 4.92. The fourth-order valence-electron chi connectivity index (χ4n) is 3.57. The Balaban J connectivity index is 1.50. The second-order valence-corrected chi connectivity index (χ2v) is 7.12. The SMILES string of the molecule is O=C(O)c1cc(-c2ccc(NCC3(c4ncccc4F)CCC3)nn2)ccc1F. The van der Waals surface area contributed by atoms with Crippen molar-refractivity contribution in [2.24, 2.45) is 0 Å². The number of pyridine rings is 1. The first-order chi connectivity index (χ1) is 14.0. The van der Waals surface area contributed by atoms with Crippen molar-refractivity contribution in [3.05, 3.63) is 71.6 Å². The smallest absolute Gasteiger partial charge is 0.338 e. The summed E-state index contributed by atoms with van der Waals surface area (Å²) in [5.74, 6) is -1.94. The lowest BCUT2D eigenvalue weighted by Gasteiger charge is -2.41. The van der Waals surface area contributed by atoms with E-state index in [-0.39, 0.29) is 11.2 Å². The third-order valence-electron chi connectivity index (χ3n) is 5.34. The van der Waals surface area contributed by atoms with E-state index in [1.165, 1.54) is 18.2 Å². The summed E-state index contributed by atoms with van der Waals surface area (Å²) >= 11 is 0. The van der Waals surface area contributed by atoms with Gasteiger partial charge in [0.25, 0.3) is 0 Å². The predicted molar refractivity (Wildman–Crippen MR) is 103 cm³/mol. The third-order valence-corrected chi connectivity index (χ3v) is 5.34. The summed E-state index contributed by atoms with van der Waals surface area (Å²) in [6.45, 7) is 0.481. The summed E-state index contributed by atoms with van der Waals surface area (Å²) in [5.41, 5.74) is 0.562. The average molecular weight is 396 g/mol. The minimum Gasteiger partial charge on any atom is -0.478 e. The van der Waals surface area contributed by atoms with Crippen LogP contribution < -0.4 is 5.32 Å². The van der Waals surface area contributed by atoms with E-state index in [0.29, 0.717) is 29.3 Å². The summed E-state index contributed by atoms with van der Waals surface area (Å²) in [4.78, 5) is 15.3. The zero-order valence-corrected chi connectivity index (χ0v) is 15.4. The number of nitrogens with zero attached hydrogens (tertiary/aromatic N) is 3. The predicted octanol–water partition coefficient (Wildman–Crippen LogP) is 4.05. The molecule has 0 amide bonds. The van der Waals surface area contributed by atoms with E-state index in [4.69, 9.17) is 5.11 Å². The van der Waals surface area contributed by atoms with Crippen LogP contribution in [0.15, 0.2) is 48.7 Å². The highest BCUT2D eigenvalue weighted by Gasteiger charge is 2.41. The minimum absolute atomic E-state index is 0.305. The molecule has 1 aliphatic carbocycles. The molecule has 0 radical (unpaired) electrons. The maximum atomic E-state index is 14.2. The van der Waals surface area contributed by atoms with Gasteiger partial charge in [-0.1, -0.05) is 6.42 Å². The van der Waals surface area contributed by atoms with Crippen LogP contribution in [0.3, 0.4) is 0 Å². The fraction of sp³-hybridized carbons (Fsp3) is 0.238. The number of rotatable bonds is 6. The molecule has 29 heavy (non-hydrogen) atoms. The first-order valence-electron chi connectivity index (χ1n) is 9.20. The molecular weight excluding hydrogens is 378 g/mol. The summed E-state index contributed by atoms with van der Waals surface area (Å²) in [6.07, 6.45) is 4.29. The lowest BCUT2D eigenvalue weighted by molar-refractivity contribution is 0.0692. The summed E-state index contributed by atoms with van der Waals surface area (Å²) in [6, 6.07) is 10.1. The minimum atomic E-state index is -1.34. The fourth-order valence-corrected chi connectivity index (χ4v) is 3.57. The molecular formula is C21H18F2N4O2. The molecule has 0 aliphatic heterocycles. The number of halogens is 2. The zero-order valence-electron chi connectivity index (χ0n) is 15.4. The number of hydrogen-bond donors (Lipinski definition) is 2. The van der Waals surface area contributed by atoms with Crippen molar-refractivity contribution in [1.82, 2.24) is 15.2 Å².